The fraction of sp³-hybridized carbons (Fsp3) is 0.350. The number of nitrogens with one attached hydrogen (secondary N) is 1. The predicted molar refractivity (Wildman–Crippen MR) is 111 cm³/mol. The molecule has 8 heteroatoms. The molecule has 4 aromatic rings. The maximum absolute atomic E-state index is 12.3. The Bertz CT molecular complexity index is 1210. The van der Waals surface area contributed by atoms with Gasteiger partial charge < -0.3 is 14.5 Å². The van der Waals surface area contributed by atoms with Crippen LogP contribution in [0.1, 0.15) is 43.3 Å². The number of aromatic nitrogens is 3. The van der Waals surface area contributed by atoms with Crippen LogP contribution in [0.5, 0.6) is 5.75 Å². The van der Waals surface area contributed by atoms with Crippen molar-refractivity contribution < 1.29 is 9.15 Å². The van der Waals surface area contributed by atoms with Crippen LogP contribution in [0.3, 0.4) is 0 Å². The highest BCUT2D eigenvalue weighted by atomic mass is 32.1. The van der Waals surface area contributed by atoms with E-state index in [0.29, 0.717) is 10.1 Å². The van der Waals surface area contributed by atoms with Crippen molar-refractivity contribution in [3.05, 3.63) is 51.6 Å². The van der Waals surface area contributed by atoms with E-state index in [1.807, 2.05) is 32.0 Å². The summed E-state index contributed by atoms with van der Waals surface area (Å²) in [6.45, 7) is 6.10. The predicted octanol–water partition coefficient (Wildman–Crippen LogP) is 4.34. The largest absolute Gasteiger partial charge is 0.497 e. The minimum Gasteiger partial charge on any atom is -0.497 e. The van der Waals surface area contributed by atoms with E-state index < -0.39 is 0 Å². The lowest BCUT2D eigenvalue weighted by Crippen LogP contribution is -2.15. The van der Waals surface area contributed by atoms with Crippen LogP contribution in [-0.4, -0.2) is 21.7 Å². The summed E-state index contributed by atoms with van der Waals surface area (Å²) in [7, 11) is 1.65. The zero-order valence-corrected chi connectivity index (χ0v) is 17.1. The molecule has 1 aromatic carbocycles. The molecule has 0 bridgehead atoms. The maximum atomic E-state index is 12.3. The summed E-state index contributed by atoms with van der Waals surface area (Å²) in [4.78, 5) is 17.4. The molecule has 0 aliphatic carbocycles. The van der Waals surface area contributed by atoms with E-state index in [0.717, 1.165) is 46.6 Å². The van der Waals surface area contributed by atoms with E-state index in [4.69, 9.17) is 9.15 Å². The summed E-state index contributed by atoms with van der Waals surface area (Å²) < 4.78 is 12.7. The number of methoxy groups -OCH3 is 1. The normalized spacial score (nSPS) is 12.6. The summed E-state index contributed by atoms with van der Waals surface area (Å²) in [6.07, 6.45) is 1.73. The van der Waals surface area contributed by atoms with Gasteiger partial charge in [0.25, 0.3) is 5.56 Å². The molecule has 0 aliphatic heterocycles. The Balaban J connectivity index is 1.65. The summed E-state index contributed by atoms with van der Waals surface area (Å²) in [5.41, 5.74) is 2.51. The van der Waals surface area contributed by atoms with E-state index >= 15 is 0 Å². The number of furan rings is 1. The first kappa shape index (κ1) is 18.5. The van der Waals surface area contributed by atoms with Crippen LogP contribution >= 0.6 is 11.3 Å². The molecule has 7 nitrogen and oxygen atoms in total. The highest BCUT2D eigenvalue weighted by molar-refractivity contribution is 7.20. The standard InChI is InChI=1S/C20H22N4O3S/c1-5-6-13-9-17(25)24-20(22-13)28-19(23-24)21-12(3)18-11(2)15-10-14(26-4)7-8-16(15)27-18/h7-10,12H,5-6H2,1-4H3,(H,21,23). The van der Waals surface area contributed by atoms with Crippen LogP contribution in [0.4, 0.5) is 5.13 Å². The molecule has 4 rings (SSSR count). The van der Waals surface area contributed by atoms with Gasteiger partial charge in [0.1, 0.15) is 17.1 Å². The monoisotopic (exact) mass is 398 g/mol. The highest BCUT2D eigenvalue weighted by Gasteiger charge is 2.19. The first-order valence-corrected chi connectivity index (χ1v) is 10.0. The zero-order chi connectivity index (χ0) is 19.8. The van der Waals surface area contributed by atoms with Gasteiger partial charge in [-0.05, 0) is 38.5 Å². The van der Waals surface area contributed by atoms with Gasteiger partial charge in [-0.1, -0.05) is 24.7 Å². The van der Waals surface area contributed by atoms with Gasteiger partial charge in [0.05, 0.1) is 13.2 Å². The minimum absolute atomic E-state index is 0.121. The van der Waals surface area contributed by atoms with Gasteiger partial charge in [0.15, 0.2) is 0 Å². The first-order valence-electron chi connectivity index (χ1n) is 9.23. The van der Waals surface area contributed by atoms with E-state index in [1.54, 1.807) is 13.2 Å². The topological polar surface area (TPSA) is 81.7 Å². The SMILES string of the molecule is CCCc1cc(=O)n2nc(NC(C)c3oc4ccc(OC)cc4c3C)sc2n1. The number of benzene rings is 1. The third-order valence-corrected chi connectivity index (χ3v) is 5.56. The molecule has 0 radical (unpaired) electrons. The summed E-state index contributed by atoms with van der Waals surface area (Å²) in [5, 5.41) is 9.37. The number of hydrogen-bond donors (Lipinski definition) is 1. The molecule has 3 heterocycles. The second-order valence-electron chi connectivity index (χ2n) is 6.76. The van der Waals surface area contributed by atoms with Crippen molar-refractivity contribution in [1.29, 1.82) is 0 Å². The number of hydrogen-bond acceptors (Lipinski definition) is 7. The molecule has 1 unspecified atom stereocenters. The Hall–Kier alpha value is -2.87. The van der Waals surface area contributed by atoms with Gasteiger partial charge in [-0.25, -0.2) is 4.98 Å². The van der Waals surface area contributed by atoms with Gasteiger partial charge in [-0.15, -0.1) is 5.10 Å². The van der Waals surface area contributed by atoms with Crippen molar-refractivity contribution in [1.82, 2.24) is 14.6 Å². The zero-order valence-electron chi connectivity index (χ0n) is 16.3. The highest BCUT2D eigenvalue weighted by Crippen LogP contribution is 2.33. The molecule has 0 fully saturated rings. The first-order chi connectivity index (χ1) is 13.5. The fourth-order valence-corrected chi connectivity index (χ4v) is 4.22. The molecule has 0 amide bonds. The molecule has 0 spiro atoms. The molecule has 146 valence electrons. The summed E-state index contributed by atoms with van der Waals surface area (Å²) in [6, 6.07) is 7.20. The molecule has 1 N–H and O–H groups in total. The Morgan fingerprint density at radius 3 is 2.93 bits per heavy atom. The van der Waals surface area contributed by atoms with Crippen molar-refractivity contribution in [3.63, 3.8) is 0 Å². The van der Waals surface area contributed by atoms with E-state index in [-0.39, 0.29) is 11.6 Å². The number of anilines is 1. The second-order valence-corrected chi connectivity index (χ2v) is 7.71. The Morgan fingerprint density at radius 2 is 2.18 bits per heavy atom. The minimum atomic E-state index is -0.155. The smallest absolute Gasteiger partial charge is 0.275 e. The number of fused-ring (bicyclic) bond motifs is 2. The molecule has 28 heavy (non-hydrogen) atoms. The summed E-state index contributed by atoms with van der Waals surface area (Å²) >= 11 is 1.36. The molecule has 0 aliphatic rings. The van der Waals surface area contributed by atoms with Crippen molar-refractivity contribution >= 4 is 32.4 Å². The lowest BCUT2D eigenvalue weighted by molar-refractivity contribution is 0.415. The van der Waals surface area contributed by atoms with Crippen molar-refractivity contribution in [2.75, 3.05) is 12.4 Å². The number of ether oxygens (including phenoxy) is 1. The molecular weight excluding hydrogens is 376 g/mol. The van der Waals surface area contributed by atoms with Gasteiger partial charge in [0, 0.05) is 22.7 Å². The van der Waals surface area contributed by atoms with Crippen LogP contribution in [-0.2, 0) is 6.42 Å². The van der Waals surface area contributed by atoms with E-state index in [1.165, 1.54) is 15.9 Å². The molecular formula is C20H22N4O3S. The average molecular weight is 398 g/mol. The number of rotatable bonds is 6. The van der Waals surface area contributed by atoms with Crippen molar-refractivity contribution in [3.8, 4) is 5.75 Å². The van der Waals surface area contributed by atoms with Crippen molar-refractivity contribution in [2.45, 2.75) is 39.7 Å². The molecule has 0 saturated carbocycles. The average Bonchev–Trinajstić information content (AvgIpc) is 3.23. The molecule has 3 aromatic heterocycles. The van der Waals surface area contributed by atoms with Gasteiger partial charge in [-0.2, -0.15) is 4.52 Å². The lowest BCUT2D eigenvalue weighted by Gasteiger charge is -2.10. The van der Waals surface area contributed by atoms with Crippen LogP contribution in [0.2, 0.25) is 0 Å². The molecule has 0 saturated heterocycles. The Morgan fingerprint density at radius 1 is 1.36 bits per heavy atom. The van der Waals surface area contributed by atoms with Crippen LogP contribution < -0.4 is 15.6 Å². The fourth-order valence-electron chi connectivity index (χ4n) is 3.31. The van der Waals surface area contributed by atoms with Crippen LogP contribution in [0.15, 0.2) is 33.5 Å². The molecule has 1 atom stereocenters. The van der Waals surface area contributed by atoms with Crippen LogP contribution in [0.25, 0.3) is 15.9 Å². The summed E-state index contributed by atoms with van der Waals surface area (Å²) in [5.74, 6) is 1.62. The number of nitrogens with zero attached hydrogens (tertiary/aromatic N) is 3. The Kier molecular flexibility index (Phi) is 4.80. The van der Waals surface area contributed by atoms with Gasteiger partial charge in [0.2, 0.25) is 10.1 Å². The van der Waals surface area contributed by atoms with E-state index in [2.05, 4.69) is 22.3 Å². The lowest BCUT2D eigenvalue weighted by atomic mass is 10.1. The Labute approximate surface area is 166 Å². The third kappa shape index (κ3) is 3.24. The second kappa shape index (κ2) is 7.27. The van der Waals surface area contributed by atoms with Gasteiger partial charge >= 0.3 is 0 Å². The third-order valence-electron chi connectivity index (χ3n) is 4.72. The van der Waals surface area contributed by atoms with Gasteiger partial charge in [-0.3, -0.25) is 4.79 Å². The number of aryl methyl sites for hydroxylation is 2. The van der Waals surface area contributed by atoms with Crippen molar-refractivity contribution in [2.24, 2.45) is 0 Å². The van der Waals surface area contributed by atoms with Crippen LogP contribution in [0, 0.1) is 6.92 Å². The maximum Gasteiger partial charge on any atom is 0.275 e. The quantitative estimate of drug-likeness (QED) is 0.520. The van der Waals surface area contributed by atoms with E-state index in [9.17, 15) is 4.79 Å².